The molecule has 0 bridgehead atoms. The van der Waals surface area contributed by atoms with Crippen LogP contribution in [0.5, 0.6) is 0 Å². The summed E-state index contributed by atoms with van der Waals surface area (Å²) in [7, 11) is 0. The first-order chi connectivity index (χ1) is 6.15. The van der Waals surface area contributed by atoms with Gasteiger partial charge in [0, 0.05) is 32.4 Å². The van der Waals surface area contributed by atoms with E-state index in [1.165, 1.54) is 0 Å². The van der Waals surface area contributed by atoms with E-state index >= 15 is 0 Å². The Bertz CT molecular complexity index is 289. The smallest absolute Gasteiger partial charge is 0.220 e. The molecule has 0 aliphatic carbocycles. The third-order valence-electron chi connectivity index (χ3n) is 2.02. The van der Waals surface area contributed by atoms with Gasteiger partial charge in [-0.1, -0.05) is 6.58 Å². The first-order valence-electron chi connectivity index (χ1n) is 4.25. The van der Waals surface area contributed by atoms with Gasteiger partial charge < -0.3 is 4.90 Å². The lowest BCUT2D eigenvalue weighted by molar-refractivity contribution is -0.127. The summed E-state index contributed by atoms with van der Waals surface area (Å²) in [6, 6.07) is 0. The number of amides is 1. The van der Waals surface area contributed by atoms with Crippen molar-refractivity contribution in [2.75, 3.05) is 13.1 Å². The molecule has 1 rings (SSSR count). The molecule has 1 amide bonds. The van der Waals surface area contributed by atoms with Gasteiger partial charge in [-0.05, 0) is 18.1 Å². The molecule has 0 atom stereocenters. The van der Waals surface area contributed by atoms with Gasteiger partial charge in [0.15, 0.2) is 0 Å². The molecule has 3 heteroatoms. The maximum Gasteiger partial charge on any atom is 0.220 e. The molecule has 0 radical (unpaired) electrons. The van der Waals surface area contributed by atoms with Crippen molar-refractivity contribution >= 4 is 12.1 Å². The van der Waals surface area contributed by atoms with E-state index in [-0.39, 0.29) is 5.91 Å². The highest BCUT2D eigenvalue weighted by Gasteiger charge is 2.21. The van der Waals surface area contributed by atoms with Gasteiger partial charge in [-0.15, -0.1) is 0 Å². The topological polar surface area (TPSA) is 32.7 Å². The van der Waals surface area contributed by atoms with Crippen molar-refractivity contribution in [3.63, 3.8) is 0 Å². The minimum Gasteiger partial charge on any atom is -0.334 e. The molecular formula is C10H14N2O. The molecule has 0 aromatic rings. The highest BCUT2D eigenvalue weighted by Crippen LogP contribution is 2.19. The second-order valence-corrected chi connectivity index (χ2v) is 3.04. The maximum atomic E-state index is 11.0. The van der Waals surface area contributed by atoms with Crippen molar-refractivity contribution in [3.05, 3.63) is 23.9 Å². The second-order valence-electron chi connectivity index (χ2n) is 3.04. The Balaban J connectivity index is 2.72. The maximum absolute atomic E-state index is 11.0. The van der Waals surface area contributed by atoms with E-state index in [9.17, 15) is 4.79 Å². The molecule has 0 saturated carbocycles. The average molecular weight is 178 g/mol. The molecule has 13 heavy (non-hydrogen) atoms. The van der Waals surface area contributed by atoms with Gasteiger partial charge in [0.1, 0.15) is 0 Å². The van der Waals surface area contributed by atoms with E-state index in [0.717, 1.165) is 11.1 Å². The molecule has 0 unspecified atom stereocenters. The summed E-state index contributed by atoms with van der Waals surface area (Å²) in [6.45, 7) is 8.60. The van der Waals surface area contributed by atoms with E-state index in [1.54, 1.807) is 24.2 Å². The van der Waals surface area contributed by atoms with E-state index in [4.69, 9.17) is 0 Å². The summed E-state index contributed by atoms with van der Waals surface area (Å²) in [6.07, 6.45) is 3.49. The third kappa shape index (κ3) is 2.28. The molecule has 0 spiro atoms. The number of nitrogens with zero attached hydrogens (tertiary/aromatic N) is 2. The van der Waals surface area contributed by atoms with Crippen LogP contribution < -0.4 is 0 Å². The Morgan fingerprint density at radius 2 is 2.31 bits per heavy atom. The highest BCUT2D eigenvalue weighted by atomic mass is 16.2. The lowest BCUT2D eigenvalue weighted by atomic mass is 10.2. The molecular weight excluding hydrogens is 164 g/mol. The average Bonchev–Trinajstić information content (AvgIpc) is 2.44. The summed E-state index contributed by atoms with van der Waals surface area (Å²) in [5.74, 6) is 0.0880. The first-order valence-corrected chi connectivity index (χ1v) is 4.25. The van der Waals surface area contributed by atoms with Gasteiger partial charge >= 0.3 is 0 Å². The predicted molar refractivity (Wildman–Crippen MR) is 53.6 cm³/mol. The molecule has 3 nitrogen and oxygen atoms in total. The molecule has 1 saturated heterocycles. The number of carbonyl (C=O) groups excluding carboxylic acids is 1. The van der Waals surface area contributed by atoms with Crippen LogP contribution in [0.15, 0.2) is 28.9 Å². The van der Waals surface area contributed by atoms with Gasteiger partial charge in [0.25, 0.3) is 0 Å². The largest absolute Gasteiger partial charge is 0.334 e. The van der Waals surface area contributed by atoms with Crippen LogP contribution in [0.4, 0.5) is 0 Å². The van der Waals surface area contributed by atoms with Gasteiger partial charge in [-0.3, -0.25) is 9.79 Å². The van der Waals surface area contributed by atoms with Gasteiger partial charge in [-0.25, -0.2) is 0 Å². The minimum absolute atomic E-state index is 0.0880. The number of carbonyl (C=O) groups is 1. The quantitative estimate of drug-likeness (QED) is 0.558. The fourth-order valence-corrected chi connectivity index (χ4v) is 1.22. The van der Waals surface area contributed by atoms with E-state index in [0.29, 0.717) is 13.1 Å². The number of rotatable bonds is 1. The van der Waals surface area contributed by atoms with Crippen LogP contribution in [-0.4, -0.2) is 30.1 Å². The Hall–Kier alpha value is -1.38. The zero-order valence-electron chi connectivity index (χ0n) is 8.08. The highest BCUT2D eigenvalue weighted by molar-refractivity contribution is 5.75. The van der Waals surface area contributed by atoms with Crippen LogP contribution in [0.25, 0.3) is 0 Å². The lowest BCUT2D eigenvalue weighted by Crippen LogP contribution is -2.24. The molecule has 0 N–H and O–H groups in total. The molecule has 0 aromatic heterocycles. The zero-order valence-corrected chi connectivity index (χ0v) is 8.08. The lowest BCUT2D eigenvalue weighted by Gasteiger charge is -2.09. The normalized spacial score (nSPS) is 20.6. The fraction of sp³-hybridized carbons (Fsp3) is 0.400. The van der Waals surface area contributed by atoms with Crippen molar-refractivity contribution in [2.24, 2.45) is 4.99 Å². The van der Waals surface area contributed by atoms with Crippen LogP contribution in [0.1, 0.15) is 13.8 Å². The number of hydrogen-bond acceptors (Lipinski definition) is 2. The second kappa shape index (κ2) is 4.03. The van der Waals surface area contributed by atoms with Gasteiger partial charge in [0.05, 0.1) is 0 Å². The Labute approximate surface area is 78.5 Å². The Kier molecular flexibility index (Phi) is 3.01. The summed E-state index contributed by atoms with van der Waals surface area (Å²) in [5.41, 5.74) is 2.04. The first kappa shape index (κ1) is 9.71. The van der Waals surface area contributed by atoms with Crippen LogP contribution in [0, 0.1) is 0 Å². The van der Waals surface area contributed by atoms with Crippen LogP contribution in [0.2, 0.25) is 0 Å². The van der Waals surface area contributed by atoms with Crippen molar-refractivity contribution in [3.8, 4) is 0 Å². The molecule has 0 aromatic carbocycles. The standard InChI is InChI=1S/C10H14N2O/c1-4-11-5-10-7-12(9(3)13)6-8(10)2/h4-5H,2,6-7H2,1,3H3/b10-5-,11-4?. The Morgan fingerprint density at radius 1 is 1.62 bits per heavy atom. The summed E-state index contributed by atoms with van der Waals surface area (Å²) in [4.78, 5) is 16.8. The third-order valence-corrected chi connectivity index (χ3v) is 2.02. The SMILES string of the molecule is C=C1CN(C(C)=O)C/C1=C/N=CC. The van der Waals surface area contributed by atoms with Crippen LogP contribution in [-0.2, 0) is 4.79 Å². The summed E-state index contributed by atoms with van der Waals surface area (Å²) < 4.78 is 0. The number of hydrogen-bond donors (Lipinski definition) is 0. The molecule has 1 aliphatic heterocycles. The molecule has 1 fully saturated rings. The zero-order chi connectivity index (χ0) is 9.84. The van der Waals surface area contributed by atoms with E-state index in [2.05, 4.69) is 11.6 Å². The van der Waals surface area contributed by atoms with Crippen LogP contribution in [0.3, 0.4) is 0 Å². The monoisotopic (exact) mass is 178 g/mol. The van der Waals surface area contributed by atoms with Crippen LogP contribution >= 0.6 is 0 Å². The van der Waals surface area contributed by atoms with E-state index < -0.39 is 0 Å². The van der Waals surface area contributed by atoms with Crippen molar-refractivity contribution in [1.82, 2.24) is 4.90 Å². The van der Waals surface area contributed by atoms with Crippen molar-refractivity contribution < 1.29 is 4.79 Å². The molecule has 70 valence electrons. The van der Waals surface area contributed by atoms with Crippen molar-refractivity contribution in [1.29, 1.82) is 0 Å². The summed E-state index contributed by atoms with van der Waals surface area (Å²) >= 11 is 0. The fourth-order valence-electron chi connectivity index (χ4n) is 1.22. The van der Waals surface area contributed by atoms with Gasteiger partial charge in [0.2, 0.25) is 5.91 Å². The Morgan fingerprint density at radius 3 is 2.77 bits per heavy atom. The summed E-state index contributed by atoms with van der Waals surface area (Å²) in [5, 5.41) is 0. The molecule has 1 aliphatic rings. The predicted octanol–water partition coefficient (Wildman–Crippen LogP) is 1.38. The van der Waals surface area contributed by atoms with Crippen molar-refractivity contribution in [2.45, 2.75) is 13.8 Å². The van der Waals surface area contributed by atoms with Gasteiger partial charge in [-0.2, -0.15) is 0 Å². The minimum atomic E-state index is 0.0880. The van der Waals surface area contributed by atoms with E-state index in [1.807, 2.05) is 6.92 Å². The number of likely N-dealkylation sites (tertiary alicyclic amines) is 1. The molecule has 1 heterocycles. The number of aliphatic imine (C=N–C) groups is 1.